The van der Waals surface area contributed by atoms with Crippen molar-refractivity contribution in [2.45, 2.75) is 6.92 Å². The van der Waals surface area contributed by atoms with Crippen molar-refractivity contribution in [1.29, 1.82) is 0 Å². The lowest BCUT2D eigenvalue weighted by Crippen LogP contribution is -1.99. The van der Waals surface area contributed by atoms with E-state index in [1.165, 1.54) is 0 Å². The van der Waals surface area contributed by atoms with E-state index < -0.39 is 0 Å². The Morgan fingerprint density at radius 3 is 1.64 bits per heavy atom. The minimum atomic E-state index is 0.615. The number of nitrogens with two attached hydrogens (primary N) is 1. The molecule has 3 aromatic rings. The van der Waals surface area contributed by atoms with Crippen LogP contribution in [0.15, 0.2) is 72.8 Å². The maximum Gasteiger partial charge on any atom is 0.135 e. The third-order valence-electron chi connectivity index (χ3n) is 3.57. The van der Waals surface area contributed by atoms with Gasteiger partial charge in [-0.3, -0.25) is 0 Å². The summed E-state index contributed by atoms with van der Waals surface area (Å²) < 4.78 is 5.98. The van der Waals surface area contributed by atoms with E-state index in [9.17, 15) is 0 Å². The first-order chi connectivity index (χ1) is 10.8. The van der Waals surface area contributed by atoms with E-state index in [0.29, 0.717) is 6.61 Å². The summed E-state index contributed by atoms with van der Waals surface area (Å²) in [6.45, 7) is 2.61. The van der Waals surface area contributed by atoms with Gasteiger partial charge < -0.3 is 10.5 Å². The van der Waals surface area contributed by atoms with Crippen molar-refractivity contribution in [2.75, 3.05) is 12.3 Å². The zero-order valence-corrected chi connectivity index (χ0v) is 12.6. The molecular formula is C20H19NO. The number of anilines is 1. The number of hydrogen-bond donors (Lipinski definition) is 1. The van der Waals surface area contributed by atoms with Crippen LogP contribution < -0.4 is 10.5 Å². The molecular weight excluding hydrogens is 270 g/mol. The van der Waals surface area contributed by atoms with E-state index in [-0.39, 0.29) is 0 Å². The summed E-state index contributed by atoms with van der Waals surface area (Å²) in [7, 11) is 0. The van der Waals surface area contributed by atoms with Gasteiger partial charge in [-0.1, -0.05) is 60.7 Å². The summed E-state index contributed by atoms with van der Waals surface area (Å²) in [5.74, 6) is 0.883. The van der Waals surface area contributed by atoms with Gasteiger partial charge in [0.15, 0.2) is 0 Å². The number of rotatable bonds is 4. The Morgan fingerprint density at radius 1 is 0.773 bits per heavy atom. The van der Waals surface area contributed by atoms with E-state index in [2.05, 4.69) is 24.3 Å². The van der Waals surface area contributed by atoms with Gasteiger partial charge in [-0.25, -0.2) is 0 Å². The highest BCUT2D eigenvalue weighted by molar-refractivity contribution is 5.85. The standard InChI is InChI=1S/C20H19NO/c1-2-22-20-18(15-9-5-3-6-10-15)13-17(21)14-19(20)16-11-7-4-8-12-16/h3-14H,2,21H2,1H3. The van der Waals surface area contributed by atoms with Gasteiger partial charge in [-0.05, 0) is 30.2 Å². The fourth-order valence-corrected chi connectivity index (χ4v) is 2.62. The molecule has 2 N–H and O–H groups in total. The van der Waals surface area contributed by atoms with Gasteiger partial charge >= 0.3 is 0 Å². The van der Waals surface area contributed by atoms with Gasteiger partial charge in [0.1, 0.15) is 5.75 Å². The van der Waals surface area contributed by atoms with Gasteiger partial charge in [0.25, 0.3) is 0 Å². The van der Waals surface area contributed by atoms with Crippen molar-refractivity contribution in [3.63, 3.8) is 0 Å². The second kappa shape index (κ2) is 6.35. The highest BCUT2D eigenvalue weighted by Gasteiger charge is 2.14. The van der Waals surface area contributed by atoms with E-state index in [4.69, 9.17) is 10.5 Å². The second-order valence-corrected chi connectivity index (χ2v) is 5.11. The molecule has 2 heteroatoms. The Labute approximate surface area is 131 Å². The van der Waals surface area contributed by atoms with E-state index >= 15 is 0 Å². The van der Waals surface area contributed by atoms with E-state index in [1.54, 1.807) is 0 Å². The molecule has 0 saturated heterocycles. The molecule has 0 aromatic heterocycles. The lowest BCUT2D eigenvalue weighted by molar-refractivity contribution is 0.343. The summed E-state index contributed by atoms with van der Waals surface area (Å²) in [5, 5.41) is 0. The molecule has 22 heavy (non-hydrogen) atoms. The summed E-state index contributed by atoms with van der Waals surface area (Å²) >= 11 is 0. The van der Waals surface area contributed by atoms with Crippen LogP contribution in [0.5, 0.6) is 5.75 Å². The predicted octanol–water partition coefficient (Wildman–Crippen LogP) is 5.00. The number of benzene rings is 3. The van der Waals surface area contributed by atoms with Gasteiger partial charge in [0.2, 0.25) is 0 Å². The van der Waals surface area contributed by atoms with Crippen LogP contribution in [-0.2, 0) is 0 Å². The average molecular weight is 289 g/mol. The van der Waals surface area contributed by atoms with Gasteiger partial charge in [0, 0.05) is 16.8 Å². The fourth-order valence-electron chi connectivity index (χ4n) is 2.62. The molecule has 0 aliphatic rings. The summed E-state index contributed by atoms with van der Waals surface area (Å²) in [6, 6.07) is 24.4. The normalized spacial score (nSPS) is 10.4. The molecule has 0 atom stereocenters. The maximum absolute atomic E-state index is 6.14. The molecule has 0 radical (unpaired) electrons. The van der Waals surface area contributed by atoms with Crippen molar-refractivity contribution >= 4 is 5.69 Å². The molecule has 0 amide bonds. The third kappa shape index (κ3) is 2.82. The van der Waals surface area contributed by atoms with Crippen molar-refractivity contribution in [1.82, 2.24) is 0 Å². The Morgan fingerprint density at radius 2 is 1.23 bits per heavy atom. The van der Waals surface area contributed by atoms with Crippen molar-refractivity contribution in [3.05, 3.63) is 72.8 Å². The van der Waals surface area contributed by atoms with Gasteiger partial charge in [-0.2, -0.15) is 0 Å². The van der Waals surface area contributed by atoms with Crippen LogP contribution in [0.25, 0.3) is 22.3 Å². The number of nitrogen functional groups attached to an aromatic ring is 1. The predicted molar refractivity (Wildman–Crippen MR) is 92.9 cm³/mol. The molecule has 0 saturated carbocycles. The molecule has 0 spiro atoms. The molecule has 0 heterocycles. The zero-order chi connectivity index (χ0) is 15.4. The van der Waals surface area contributed by atoms with Crippen molar-refractivity contribution in [2.24, 2.45) is 0 Å². The molecule has 0 unspecified atom stereocenters. The first-order valence-electron chi connectivity index (χ1n) is 7.46. The van der Waals surface area contributed by atoms with Crippen LogP contribution in [0.2, 0.25) is 0 Å². The first kappa shape index (κ1) is 14.2. The number of hydrogen-bond acceptors (Lipinski definition) is 2. The van der Waals surface area contributed by atoms with Crippen LogP contribution in [-0.4, -0.2) is 6.61 Å². The quantitative estimate of drug-likeness (QED) is 0.686. The first-order valence-corrected chi connectivity index (χ1v) is 7.46. The lowest BCUT2D eigenvalue weighted by Gasteiger charge is -2.17. The van der Waals surface area contributed by atoms with Crippen molar-refractivity contribution < 1.29 is 4.74 Å². The van der Waals surface area contributed by atoms with Crippen LogP contribution in [0.3, 0.4) is 0 Å². The third-order valence-corrected chi connectivity index (χ3v) is 3.57. The molecule has 0 bridgehead atoms. The maximum atomic E-state index is 6.14. The Bertz CT molecular complexity index is 691. The largest absolute Gasteiger partial charge is 0.493 e. The average Bonchev–Trinajstić information content (AvgIpc) is 2.58. The SMILES string of the molecule is CCOc1c(-c2ccccc2)cc(N)cc1-c1ccccc1. The lowest BCUT2D eigenvalue weighted by atomic mass is 9.96. The Hall–Kier alpha value is -2.74. The monoisotopic (exact) mass is 289 g/mol. The van der Waals surface area contributed by atoms with Crippen LogP contribution in [0.1, 0.15) is 6.92 Å². The minimum absolute atomic E-state index is 0.615. The van der Waals surface area contributed by atoms with E-state index in [1.807, 2.05) is 55.5 Å². The van der Waals surface area contributed by atoms with Crippen molar-refractivity contribution in [3.8, 4) is 28.0 Å². The zero-order valence-electron chi connectivity index (χ0n) is 12.6. The smallest absolute Gasteiger partial charge is 0.135 e. The highest BCUT2D eigenvalue weighted by Crippen LogP contribution is 2.40. The minimum Gasteiger partial charge on any atom is -0.493 e. The van der Waals surface area contributed by atoms with Gasteiger partial charge in [0.05, 0.1) is 6.61 Å². The number of ether oxygens (including phenoxy) is 1. The molecule has 3 aromatic carbocycles. The van der Waals surface area contributed by atoms with Crippen LogP contribution in [0.4, 0.5) is 5.69 Å². The second-order valence-electron chi connectivity index (χ2n) is 5.11. The summed E-state index contributed by atoms with van der Waals surface area (Å²) in [5.41, 5.74) is 11.2. The fraction of sp³-hybridized carbons (Fsp3) is 0.100. The molecule has 0 aliphatic carbocycles. The summed E-state index contributed by atoms with van der Waals surface area (Å²) in [6.07, 6.45) is 0. The van der Waals surface area contributed by atoms with E-state index in [0.717, 1.165) is 33.7 Å². The van der Waals surface area contributed by atoms with Gasteiger partial charge in [-0.15, -0.1) is 0 Å². The molecule has 2 nitrogen and oxygen atoms in total. The van der Waals surface area contributed by atoms with Crippen LogP contribution >= 0.6 is 0 Å². The molecule has 110 valence electrons. The Kier molecular flexibility index (Phi) is 4.10. The highest BCUT2D eigenvalue weighted by atomic mass is 16.5. The molecule has 0 fully saturated rings. The van der Waals surface area contributed by atoms with Crippen LogP contribution in [0, 0.1) is 0 Å². The topological polar surface area (TPSA) is 35.2 Å². The Balaban J connectivity index is 2.24. The molecule has 3 rings (SSSR count). The molecule has 0 aliphatic heterocycles. The summed E-state index contributed by atoms with van der Waals surface area (Å²) in [4.78, 5) is 0.